The maximum Gasteiger partial charge on any atom is 0.139 e. The molecular weight excluding hydrogens is 347 g/mol. The average molecular weight is 356 g/mol. The number of aromatic nitrogens is 2. The van der Waals surface area contributed by atoms with Crippen LogP contribution in [-0.4, -0.2) is 9.97 Å². The monoisotopic (exact) mass is 354 g/mol. The minimum absolute atomic E-state index is 0.649. The van der Waals surface area contributed by atoms with Gasteiger partial charge in [0.2, 0.25) is 0 Å². The van der Waals surface area contributed by atoms with Gasteiger partial charge in [-0.2, -0.15) is 0 Å². The Balaban J connectivity index is 2.20. The van der Waals surface area contributed by atoms with Crippen LogP contribution in [0.1, 0.15) is 5.56 Å². The number of imidazole rings is 1. The molecule has 0 aliphatic heterocycles. The van der Waals surface area contributed by atoms with Crippen molar-refractivity contribution < 1.29 is 0 Å². The summed E-state index contributed by atoms with van der Waals surface area (Å²) in [6.07, 6.45) is 0. The molecule has 1 aromatic heterocycles. The summed E-state index contributed by atoms with van der Waals surface area (Å²) in [6, 6.07) is 9.56. The zero-order chi connectivity index (χ0) is 13.6. The predicted octanol–water partition coefficient (Wildman–Crippen LogP) is 5.61. The van der Waals surface area contributed by atoms with Crippen molar-refractivity contribution in [3.8, 4) is 11.4 Å². The van der Waals surface area contributed by atoms with Gasteiger partial charge in [-0.15, -0.1) is 0 Å². The first-order valence-corrected chi connectivity index (χ1v) is 7.21. The van der Waals surface area contributed by atoms with E-state index in [0.29, 0.717) is 10.0 Å². The Bertz CT molecular complexity index is 741. The van der Waals surface area contributed by atoms with Gasteiger partial charge in [0.1, 0.15) is 5.82 Å². The van der Waals surface area contributed by atoms with E-state index in [1.54, 1.807) is 0 Å². The second-order valence-corrected chi connectivity index (χ2v) is 6.06. The second-order valence-electron chi connectivity index (χ2n) is 4.33. The minimum Gasteiger partial charge on any atom is -0.338 e. The third-order valence-corrected chi connectivity index (χ3v) is 4.16. The maximum absolute atomic E-state index is 6.24. The summed E-state index contributed by atoms with van der Waals surface area (Å²) in [5, 5.41) is 1.36. The number of fused-ring (bicyclic) bond motifs is 1. The summed E-state index contributed by atoms with van der Waals surface area (Å²) in [5.74, 6) is 0.745. The Labute approximate surface area is 128 Å². The van der Waals surface area contributed by atoms with E-state index in [1.807, 2.05) is 37.3 Å². The summed E-state index contributed by atoms with van der Waals surface area (Å²) in [5.41, 5.74) is 3.68. The van der Waals surface area contributed by atoms with Gasteiger partial charge in [0.05, 0.1) is 16.1 Å². The third-order valence-electron chi connectivity index (χ3n) is 2.95. The Morgan fingerprint density at radius 2 is 1.89 bits per heavy atom. The molecule has 0 fully saturated rings. The van der Waals surface area contributed by atoms with E-state index in [1.165, 1.54) is 0 Å². The first-order chi connectivity index (χ1) is 9.04. The largest absolute Gasteiger partial charge is 0.338 e. The molecule has 0 amide bonds. The number of rotatable bonds is 1. The SMILES string of the molecule is Cc1cc2[nH]c(-c3ccc(Br)cc3Cl)nc2cc1Cl. The number of halogens is 3. The van der Waals surface area contributed by atoms with Crippen molar-refractivity contribution in [2.75, 3.05) is 0 Å². The van der Waals surface area contributed by atoms with Crippen molar-refractivity contribution in [1.29, 1.82) is 0 Å². The summed E-state index contributed by atoms with van der Waals surface area (Å²) in [7, 11) is 0. The van der Waals surface area contributed by atoms with Crippen LogP contribution in [0.2, 0.25) is 10.0 Å². The fourth-order valence-corrected chi connectivity index (χ4v) is 2.87. The van der Waals surface area contributed by atoms with Gasteiger partial charge in [0, 0.05) is 15.1 Å². The summed E-state index contributed by atoms with van der Waals surface area (Å²) in [6.45, 7) is 1.97. The van der Waals surface area contributed by atoms with Crippen molar-refractivity contribution in [3.05, 3.63) is 50.4 Å². The van der Waals surface area contributed by atoms with Crippen LogP contribution in [-0.2, 0) is 0 Å². The van der Waals surface area contributed by atoms with Crippen molar-refractivity contribution in [2.45, 2.75) is 6.92 Å². The molecule has 0 atom stereocenters. The molecule has 0 radical (unpaired) electrons. The highest BCUT2D eigenvalue weighted by atomic mass is 79.9. The Morgan fingerprint density at radius 3 is 2.63 bits per heavy atom. The van der Waals surface area contributed by atoms with Gasteiger partial charge < -0.3 is 4.98 Å². The normalized spacial score (nSPS) is 11.2. The lowest BCUT2D eigenvalue weighted by Gasteiger charge is -2.00. The van der Waals surface area contributed by atoms with Gasteiger partial charge in [-0.05, 0) is 42.8 Å². The van der Waals surface area contributed by atoms with Gasteiger partial charge in [-0.3, -0.25) is 0 Å². The Hall–Kier alpha value is -1.03. The average Bonchev–Trinajstić information content (AvgIpc) is 2.72. The summed E-state index contributed by atoms with van der Waals surface area (Å²) in [4.78, 5) is 7.81. The molecule has 2 nitrogen and oxygen atoms in total. The van der Waals surface area contributed by atoms with Gasteiger partial charge in [-0.1, -0.05) is 39.1 Å². The van der Waals surface area contributed by atoms with Crippen LogP contribution >= 0.6 is 39.1 Å². The molecule has 96 valence electrons. The van der Waals surface area contributed by atoms with E-state index in [0.717, 1.165) is 32.5 Å². The molecule has 0 spiro atoms. The van der Waals surface area contributed by atoms with Crippen LogP contribution in [0.15, 0.2) is 34.8 Å². The van der Waals surface area contributed by atoms with Gasteiger partial charge in [-0.25, -0.2) is 4.98 Å². The topological polar surface area (TPSA) is 28.7 Å². The molecule has 0 unspecified atom stereocenters. The molecule has 1 N–H and O–H groups in total. The number of benzene rings is 2. The van der Waals surface area contributed by atoms with E-state index in [4.69, 9.17) is 23.2 Å². The molecule has 3 aromatic rings. The molecule has 0 bridgehead atoms. The lowest BCUT2D eigenvalue weighted by Crippen LogP contribution is -1.81. The smallest absolute Gasteiger partial charge is 0.139 e. The second kappa shape index (κ2) is 4.82. The molecule has 3 rings (SSSR count). The molecule has 1 heterocycles. The number of hydrogen-bond donors (Lipinski definition) is 1. The highest BCUT2D eigenvalue weighted by Gasteiger charge is 2.10. The standard InChI is InChI=1S/C14H9BrCl2N2/c1-7-4-12-13(6-10(7)16)19-14(18-12)9-3-2-8(15)5-11(9)17/h2-6H,1H3,(H,18,19). The van der Waals surface area contributed by atoms with E-state index in [2.05, 4.69) is 25.9 Å². The first kappa shape index (κ1) is 13.0. The fourth-order valence-electron chi connectivity index (χ4n) is 1.95. The third kappa shape index (κ3) is 2.38. The quantitative estimate of drug-likeness (QED) is 0.604. The molecule has 19 heavy (non-hydrogen) atoms. The van der Waals surface area contributed by atoms with Crippen molar-refractivity contribution >= 4 is 50.2 Å². The van der Waals surface area contributed by atoms with Crippen LogP contribution in [0.25, 0.3) is 22.4 Å². The minimum atomic E-state index is 0.649. The lowest BCUT2D eigenvalue weighted by molar-refractivity contribution is 1.33. The molecule has 2 aromatic carbocycles. The van der Waals surface area contributed by atoms with Crippen LogP contribution in [0.4, 0.5) is 0 Å². The number of hydrogen-bond acceptors (Lipinski definition) is 1. The van der Waals surface area contributed by atoms with Crippen LogP contribution in [0, 0.1) is 6.92 Å². The highest BCUT2D eigenvalue weighted by Crippen LogP contribution is 2.31. The number of nitrogens with one attached hydrogen (secondary N) is 1. The molecule has 5 heteroatoms. The van der Waals surface area contributed by atoms with E-state index < -0.39 is 0 Å². The Morgan fingerprint density at radius 1 is 1.11 bits per heavy atom. The molecule has 0 aliphatic carbocycles. The first-order valence-electron chi connectivity index (χ1n) is 5.66. The van der Waals surface area contributed by atoms with Crippen LogP contribution < -0.4 is 0 Å². The zero-order valence-corrected chi connectivity index (χ0v) is 13.1. The predicted molar refractivity (Wildman–Crippen MR) is 84.0 cm³/mol. The molecule has 0 saturated carbocycles. The van der Waals surface area contributed by atoms with Gasteiger partial charge in [0.25, 0.3) is 0 Å². The maximum atomic E-state index is 6.24. The lowest BCUT2D eigenvalue weighted by atomic mass is 10.2. The number of nitrogens with zero attached hydrogens (tertiary/aromatic N) is 1. The fraction of sp³-hybridized carbons (Fsp3) is 0.0714. The molecule has 0 aliphatic rings. The zero-order valence-electron chi connectivity index (χ0n) is 9.97. The molecular formula is C14H9BrCl2N2. The van der Waals surface area contributed by atoms with Crippen LogP contribution in [0.5, 0.6) is 0 Å². The number of aryl methyl sites for hydroxylation is 1. The van der Waals surface area contributed by atoms with E-state index >= 15 is 0 Å². The van der Waals surface area contributed by atoms with Crippen molar-refractivity contribution in [3.63, 3.8) is 0 Å². The van der Waals surface area contributed by atoms with Gasteiger partial charge in [0.15, 0.2) is 0 Å². The van der Waals surface area contributed by atoms with Crippen LogP contribution in [0.3, 0.4) is 0 Å². The highest BCUT2D eigenvalue weighted by molar-refractivity contribution is 9.10. The van der Waals surface area contributed by atoms with Crippen molar-refractivity contribution in [1.82, 2.24) is 9.97 Å². The van der Waals surface area contributed by atoms with E-state index in [-0.39, 0.29) is 0 Å². The van der Waals surface area contributed by atoms with Gasteiger partial charge >= 0.3 is 0 Å². The Kier molecular flexibility index (Phi) is 3.29. The number of aromatic amines is 1. The number of H-pyrrole nitrogens is 1. The summed E-state index contributed by atoms with van der Waals surface area (Å²) >= 11 is 15.7. The van der Waals surface area contributed by atoms with E-state index in [9.17, 15) is 0 Å². The van der Waals surface area contributed by atoms with Crippen molar-refractivity contribution in [2.24, 2.45) is 0 Å². The molecule has 0 saturated heterocycles. The summed E-state index contributed by atoms with van der Waals surface area (Å²) < 4.78 is 0.941.